The maximum atomic E-state index is 12.5. The lowest BCUT2D eigenvalue weighted by molar-refractivity contribution is -0.170. The molecule has 6 heteroatoms. The largest absolute Gasteiger partial charge is 0.411 e. The summed E-state index contributed by atoms with van der Waals surface area (Å²) in [5, 5.41) is 2.02. The van der Waals surface area contributed by atoms with Gasteiger partial charge in [0.1, 0.15) is 5.54 Å². The molecule has 0 unspecified atom stereocenters. The number of halogens is 3. The van der Waals surface area contributed by atoms with Crippen LogP contribution in [0.1, 0.15) is 33.1 Å². The van der Waals surface area contributed by atoms with Crippen molar-refractivity contribution in [3.05, 3.63) is 0 Å². The first-order valence-corrected chi connectivity index (χ1v) is 5.32. The monoisotopic (exact) mass is 238 g/mol. The minimum absolute atomic E-state index is 0.0450. The predicted molar refractivity (Wildman–Crippen MR) is 53.6 cm³/mol. The highest BCUT2D eigenvalue weighted by Gasteiger charge is 2.64. The van der Waals surface area contributed by atoms with Gasteiger partial charge >= 0.3 is 6.18 Å². The molecule has 16 heavy (non-hydrogen) atoms. The Morgan fingerprint density at radius 3 is 2.25 bits per heavy atom. The topological polar surface area (TPSA) is 55.1 Å². The first-order valence-electron chi connectivity index (χ1n) is 5.32. The van der Waals surface area contributed by atoms with Crippen LogP contribution < -0.4 is 11.1 Å². The van der Waals surface area contributed by atoms with Crippen LogP contribution in [-0.2, 0) is 4.79 Å². The lowest BCUT2D eigenvalue weighted by Gasteiger charge is -2.23. The lowest BCUT2D eigenvalue weighted by atomic mass is 10.0. The van der Waals surface area contributed by atoms with E-state index in [4.69, 9.17) is 5.73 Å². The van der Waals surface area contributed by atoms with E-state index < -0.39 is 23.7 Å². The number of hydrogen-bond acceptors (Lipinski definition) is 2. The van der Waals surface area contributed by atoms with E-state index in [-0.39, 0.29) is 18.8 Å². The zero-order chi connectivity index (χ0) is 12.6. The second-order valence-corrected chi connectivity index (χ2v) is 4.81. The molecular weight excluding hydrogens is 221 g/mol. The number of nitrogens with one attached hydrogen (secondary N) is 1. The summed E-state index contributed by atoms with van der Waals surface area (Å²) in [6.07, 6.45) is -4.08. The van der Waals surface area contributed by atoms with E-state index in [2.05, 4.69) is 0 Å². The molecule has 0 aromatic heterocycles. The zero-order valence-corrected chi connectivity index (χ0v) is 9.40. The Kier molecular flexibility index (Phi) is 3.52. The number of rotatable bonds is 4. The molecule has 1 aliphatic carbocycles. The van der Waals surface area contributed by atoms with Crippen LogP contribution in [0.3, 0.4) is 0 Å². The fourth-order valence-corrected chi connectivity index (χ4v) is 1.55. The summed E-state index contributed by atoms with van der Waals surface area (Å²) in [4.78, 5) is 11.4. The van der Waals surface area contributed by atoms with Gasteiger partial charge in [-0.25, -0.2) is 0 Å². The highest BCUT2D eigenvalue weighted by Crippen LogP contribution is 2.48. The molecule has 94 valence electrons. The summed E-state index contributed by atoms with van der Waals surface area (Å²) in [6.45, 7) is 3.73. The third kappa shape index (κ3) is 2.87. The smallest absolute Gasteiger partial charge is 0.341 e. The van der Waals surface area contributed by atoms with Gasteiger partial charge in [0, 0.05) is 0 Å². The predicted octanol–water partition coefficient (Wildman–Crippen LogP) is 1.57. The molecule has 1 fully saturated rings. The van der Waals surface area contributed by atoms with Gasteiger partial charge in [-0.05, 0) is 25.2 Å². The molecule has 1 rings (SSSR count). The quantitative estimate of drug-likeness (QED) is 0.781. The van der Waals surface area contributed by atoms with Gasteiger partial charge in [-0.3, -0.25) is 4.79 Å². The molecule has 0 aromatic rings. The number of carbonyl (C=O) groups excluding carboxylic acids is 1. The second-order valence-electron chi connectivity index (χ2n) is 4.81. The molecule has 1 amide bonds. The van der Waals surface area contributed by atoms with E-state index >= 15 is 0 Å². The van der Waals surface area contributed by atoms with Crippen LogP contribution in [0.15, 0.2) is 0 Å². The molecule has 0 aliphatic heterocycles. The number of nitrogens with two attached hydrogens (primary N) is 1. The summed E-state index contributed by atoms with van der Waals surface area (Å²) < 4.78 is 37.6. The van der Waals surface area contributed by atoms with Crippen molar-refractivity contribution < 1.29 is 18.0 Å². The fourth-order valence-electron chi connectivity index (χ4n) is 1.55. The zero-order valence-electron chi connectivity index (χ0n) is 9.40. The van der Waals surface area contributed by atoms with Crippen LogP contribution in [0.4, 0.5) is 13.2 Å². The second kappa shape index (κ2) is 4.24. The first kappa shape index (κ1) is 13.3. The Bertz CT molecular complexity index is 272. The highest BCUT2D eigenvalue weighted by molar-refractivity contribution is 5.82. The average molecular weight is 238 g/mol. The summed E-state index contributed by atoms with van der Waals surface area (Å²) in [5.41, 5.74) is 3.52. The molecule has 0 aromatic carbocycles. The summed E-state index contributed by atoms with van der Waals surface area (Å²) in [7, 11) is 0. The molecule has 0 bridgehead atoms. The van der Waals surface area contributed by atoms with Crippen LogP contribution in [0.2, 0.25) is 0 Å². The standard InChI is InChI=1S/C10H17F3N2O/c1-6(2)5-7(14)8(16)15-9(3-4-9)10(11,12)13/h6-7H,3-5,14H2,1-2H3,(H,15,16)/t7-/m0/s1. The van der Waals surface area contributed by atoms with Gasteiger partial charge in [0.2, 0.25) is 5.91 Å². The Labute approximate surface area is 92.6 Å². The van der Waals surface area contributed by atoms with Crippen molar-refractivity contribution in [3.8, 4) is 0 Å². The molecule has 0 radical (unpaired) electrons. The fraction of sp³-hybridized carbons (Fsp3) is 0.900. The Balaban J connectivity index is 2.52. The van der Waals surface area contributed by atoms with Crippen molar-refractivity contribution in [2.45, 2.75) is 50.9 Å². The number of carbonyl (C=O) groups is 1. The maximum Gasteiger partial charge on any atom is 0.411 e. The van der Waals surface area contributed by atoms with Gasteiger partial charge in [0.25, 0.3) is 0 Å². The minimum atomic E-state index is -4.37. The summed E-state index contributed by atoms with van der Waals surface area (Å²) >= 11 is 0. The molecule has 0 heterocycles. The van der Waals surface area contributed by atoms with Crippen LogP contribution >= 0.6 is 0 Å². The summed E-state index contributed by atoms with van der Waals surface area (Å²) in [5.74, 6) is -0.523. The highest BCUT2D eigenvalue weighted by atomic mass is 19.4. The molecule has 0 saturated heterocycles. The maximum absolute atomic E-state index is 12.5. The lowest BCUT2D eigenvalue weighted by Crippen LogP contribution is -2.53. The van der Waals surface area contributed by atoms with Crippen molar-refractivity contribution in [1.82, 2.24) is 5.32 Å². The third-order valence-corrected chi connectivity index (χ3v) is 2.72. The van der Waals surface area contributed by atoms with Gasteiger partial charge in [-0.2, -0.15) is 13.2 Å². The molecule has 3 N–H and O–H groups in total. The average Bonchev–Trinajstić information content (AvgIpc) is 2.82. The first-order chi connectivity index (χ1) is 7.18. The Hall–Kier alpha value is -0.780. The molecule has 0 spiro atoms. The van der Waals surface area contributed by atoms with Crippen LogP contribution in [-0.4, -0.2) is 23.7 Å². The van der Waals surface area contributed by atoms with E-state index in [9.17, 15) is 18.0 Å². The van der Waals surface area contributed by atoms with Crippen LogP contribution in [0.5, 0.6) is 0 Å². The van der Waals surface area contributed by atoms with E-state index in [1.165, 1.54) is 0 Å². The molecule has 1 aliphatic rings. The molecule has 1 atom stereocenters. The SMILES string of the molecule is CC(C)C[C@H](N)C(=O)NC1(C(F)(F)F)CC1. The van der Waals surface area contributed by atoms with Crippen molar-refractivity contribution >= 4 is 5.91 Å². The van der Waals surface area contributed by atoms with E-state index in [0.29, 0.717) is 6.42 Å². The van der Waals surface area contributed by atoms with Gasteiger partial charge in [-0.15, -0.1) is 0 Å². The minimum Gasteiger partial charge on any atom is -0.341 e. The van der Waals surface area contributed by atoms with Crippen molar-refractivity contribution in [2.24, 2.45) is 11.7 Å². The normalized spacial score (nSPS) is 20.7. The number of alkyl halides is 3. The van der Waals surface area contributed by atoms with Crippen molar-refractivity contribution in [3.63, 3.8) is 0 Å². The van der Waals surface area contributed by atoms with Gasteiger partial charge in [0.15, 0.2) is 0 Å². The van der Waals surface area contributed by atoms with E-state index in [0.717, 1.165) is 0 Å². The molecular formula is C10H17F3N2O. The Morgan fingerprint density at radius 2 is 1.94 bits per heavy atom. The van der Waals surface area contributed by atoms with Crippen molar-refractivity contribution in [1.29, 1.82) is 0 Å². The van der Waals surface area contributed by atoms with Crippen molar-refractivity contribution in [2.75, 3.05) is 0 Å². The number of hydrogen-bond donors (Lipinski definition) is 2. The van der Waals surface area contributed by atoms with Gasteiger partial charge in [0.05, 0.1) is 6.04 Å². The van der Waals surface area contributed by atoms with Crippen LogP contribution in [0, 0.1) is 5.92 Å². The molecule has 1 saturated carbocycles. The van der Waals surface area contributed by atoms with E-state index in [1.807, 2.05) is 19.2 Å². The molecule has 3 nitrogen and oxygen atoms in total. The van der Waals surface area contributed by atoms with Gasteiger partial charge in [-0.1, -0.05) is 13.8 Å². The van der Waals surface area contributed by atoms with Gasteiger partial charge < -0.3 is 11.1 Å². The van der Waals surface area contributed by atoms with E-state index in [1.54, 1.807) is 0 Å². The summed E-state index contributed by atoms with van der Waals surface area (Å²) in [6, 6.07) is -0.861. The Morgan fingerprint density at radius 1 is 1.44 bits per heavy atom. The number of amides is 1. The van der Waals surface area contributed by atoms with Crippen LogP contribution in [0.25, 0.3) is 0 Å². The third-order valence-electron chi connectivity index (χ3n) is 2.72.